The maximum absolute atomic E-state index is 9.25. The lowest BCUT2D eigenvalue weighted by atomic mass is 10.2. The van der Waals surface area contributed by atoms with Gasteiger partial charge in [-0.15, -0.1) is 0 Å². The van der Waals surface area contributed by atoms with Gasteiger partial charge in [0, 0.05) is 36.3 Å². The Morgan fingerprint density at radius 2 is 2.04 bits per heavy atom. The summed E-state index contributed by atoms with van der Waals surface area (Å²) in [7, 11) is 0. The van der Waals surface area contributed by atoms with Gasteiger partial charge < -0.3 is 15.7 Å². The third-order valence-electron chi connectivity index (χ3n) is 3.51. The van der Waals surface area contributed by atoms with Gasteiger partial charge >= 0.3 is 0 Å². The number of nitrogens with one attached hydrogen (secondary N) is 2. The zero-order chi connectivity index (χ0) is 17.5. The Labute approximate surface area is 146 Å². The Kier molecular flexibility index (Phi) is 5.48. The van der Waals surface area contributed by atoms with Gasteiger partial charge in [0.15, 0.2) is 0 Å². The molecule has 3 heterocycles. The highest BCUT2D eigenvalue weighted by atomic mass is 16.3. The highest BCUT2D eigenvalue weighted by Gasteiger charge is 2.09. The zero-order valence-electron chi connectivity index (χ0n) is 13.9. The quantitative estimate of drug-likeness (QED) is 0.609. The molecule has 0 aliphatic carbocycles. The molecule has 3 rings (SSSR count). The molecule has 0 spiro atoms. The van der Waals surface area contributed by atoms with Crippen LogP contribution in [0.5, 0.6) is 0 Å². The molecule has 3 aromatic rings. The number of nitrogens with zero attached hydrogens (tertiary/aromatic N) is 4. The van der Waals surface area contributed by atoms with E-state index >= 15 is 0 Å². The van der Waals surface area contributed by atoms with E-state index in [0.29, 0.717) is 18.3 Å². The summed E-state index contributed by atoms with van der Waals surface area (Å²) in [4.78, 5) is 17.4. The number of rotatable bonds is 7. The third-order valence-corrected chi connectivity index (χ3v) is 3.51. The van der Waals surface area contributed by atoms with E-state index in [-0.39, 0.29) is 12.6 Å². The molecule has 3 aromatic heterocycles. The summed E-state index contributed by atoms with van der Waals surface area (Å²) in [6.45, 7) is 2.41. The molecular weight excluding hydrogens is 316 g/mol. The van der Waals surface area contributed by atoms with E-state index in [1.807, 2.05) is 43.3 Å². The van der Waals surface area contributed by atoms with Crippen molar-refractivity contribution in [3.05, 3.63) is 60.7 Å². The van der Waals surface area contributed by atoms with Gasteiger partial charge in [0.05, 0.1) is 24.5 Å². The zero-order valence-corrected chi connectivity index (χ0v) is 13.9. The first-order valence-electron chi connectivity index (χ1n) is 8.05. The number of pyridine rings is 2. The van der Waals surface area contributed by atoms with Gasteiger partial charge in [0.25, 0.3) is 0 Å². The lowest BCUT2D eigenvalue weighted by molar-refractivity contribution is 0.281. The molecule has 0 fully saturated rings. The van der Waals surface area contributed by atoms with Gasteiger partial charge in [0.2, 0.25) is 5.95 Å². The van der Waals surface area contributed by atoms with Crippen LogP contribution in [-0.4, -0.2) is 37.7 Å². The number of hydrogen-bond donors (Lipinski definition) is 3. The first-order valence-corrected chi connectivity index (χ1v) is 8.05. The molecule has 0 radical (unpaired) electrons. The largest absolute Gasteiger partial charge is 0.394 e. The number of aromatic nitrogens is 4. The van der Waals surface area contributed by atoms with Crippen LogP contribution in [-0.2, 0) is 6.54 Å². The van der Waals surface area contributed by atoms with E-state index in [4.69, 9.17) is 0 Å². The van der Waals surface area contributed by atoms with Gasteiger partial charge in [-0.25, -0.2) is 4.98 Å². The number of hydrogen-bond acceptors (Lipinski definition) is 7. The van der Waals surface area contributed by atoms with Crippen molar-refractivity contribution in [1.29, 1.82) is 0 Å². The van der Waals surface area contributed by atoms with Crippen molar-refractivity contribution in [3.8, 4) is 11.3 Å². The first-order chi connectivity index (χ1) is 12.2. The monoisotopic (exact) mass is 336 g/mol. The number of anilines is 2. The Morgan fingerprint density at radius 1 is 1.12 bits per heavy atom. The predicted molar refractivity (Wildman–Crippen MR) is 97.0 cm³/mol. The van der Waals surface area contributed by atoms with E-state index < -0.39 is 0 Å². The molecule has 0 aliphatic heterocycles. The van der Waals surface area contributed by atoms with Crippen LogP contribution in [0, 0.1) is 0 Å². The molecule has 0 saturated carbocycles. The SMILES string of the molecule is C[C@@H](CO)Nc1nc(NCc2ccccn2)cc(-c2cccnc2)n1. The molecule has 0 unspecified atom stereocenters. The third kappa shape index (κ3) is 4.71. The molecule has 0 saturated heterocycles. The molecule has 7 heteroatoms. The topological polar surface area (TPSA) is 95.8 Å². The Morgan fingerprint density at radius 3 is 2.76 bits per heavy atom. The fourth-order valence-electron chi connectivity index (χ4n) is 2.21. The van der Waals surface area contributed by atoms with Gasteiger partial charge in [-0.1, -0.05) is 6.07 Å². The van der Waals surface area contributed by atoms with Crippen molar-refractivity contribution in [2.45, 2.75) is 19.5 Å². The maximum atomic E-state index is 9.25. The Balaban J connectivity index is 1.86. The Hall–Kier alpha value is -3.06. The Bertz CT molecular complexity index is 797. The smallest absolute Gasteiger partial charge is 0.225 e. The van der Waals surface area contributed by atoms with Crippen LogP contribution in [0.4, 0.5) is 11.8 Å². The molecule has 3 N–H and O–H groups in total. The summed E-state index contributed by atoms with van der Waals surface area (Å²) >= 11 is 0. The van der Waals surface area contributed by atoms with Gasteiger partial charge in [0.1, 0.15) is 5.82 Å². The van der Waals surface area contributed by atoms with Crippen LogP contribution >= 0.6 is 0 Å². The van der Waals surface area contributed by atoms with Crippen molar-refractivity contribution < 1.29 is 5.11 Å². The molecular formula is C18H20N6O. The normalized spacial score (nSPS) is 11.8. The summed E-state index contributed by atoms with van der Waals surface area (Å²) in [6, 6.07) is 11.3. The lowest BCUT2D eigenvalue weighted by Crippen LogP contribution is -2.21. The molecule has 7 nitrogen and oxygen atoms in total. The summed E-state index contributed by atoms with van der Waals surface area (Å²) in [5.74, 6) is 1.12. The molecule has 0 bridgehead atoms. The second kappa shape index (κ2) is 8.16. The van der Waals surface area contributed by atoms with Gasteiger partial charge in [-0.05, 0) is 31.2 Å². The summed E-state index contributed by atoms with van der Waals surface area (Å²) < 4.78 is 0. The molecule has 0 aromatic carbocycles. The van der Waals surface area contributed by atoms with Crippen LogP contribution in [0.15, 0.2) is 55.0 Å². The molecule has 25 heavy (non-hydrogen) atoms. The van der Waals surface area contributed by atoms with Crippen molar-refractivity contribution in [2.24, 2.45) is 0 Å². The molecule has 0 amide bonds. The van der Waals surface area contributed by atoms with Crippen LogP contribution in [0.3, 0.4) is 0 Å². The fraction of sp³-hybridized carbons (Fsp3) is 0.222. The van der Waals surface area contributed by atoms with Gasteiger partial charge in [-0.2, -0.15) is 4.98 Å². The maximum Gasteiger partial charge on any atom is 0.225 e. The minimum atomic E-state index is -0.146. The average Bonchev–Trinajstić information content (AvgIpc) is 2.67. The minimum Gasteiger partial charge on any atom is -0.394 e. The second-order valence-electron chi connectivity index (χ2n) is 5.61. The van der Waals surface area contributed by atoms with Crippen LogP contribution in [0.2, 0.25) is 0 Å². The molecule has 128 valence electrons. The fourth-order valence-corrected chi connectivity index (χ4v) is 2.21. The molecule has 0 aliphatic rings. The highest BCUT2D eigenvalue weighted by molar-refractivity contribution is 5.63. The van der Waals surface area contributed by atoms with Crippen LogP contribution in [0.25, 0.3) is 11.3 Å². The van der Waals surface area contributed by atoms with Crippen molar-refractivity contribution in [2.75, 3.05) is 17.2 Å². The van der Waals surface area contributed by atoms with Crippen LogP contribution < -0.4 is 10.6 Å². The average molecular weight is 336 g/mol. The lowest BCUT2D eigenvalue weighted by Gasteiger charge is -2.14. The summed E-state index contributed by atoms with van der Waals surface area (Å²) in [5.41, 5.74) is 2.56. The van der Waals surface area contributed by atoms with E-state index in [1.165, 1.54) is 0 Å². The second-order valence-corrected chi connectivity index (χ2v) is 5.61. The minimum absolute atomic E-state index is 0.00280. The summed E-state index contributed by atoms with van der Waals surface area (Å²) in [6.07, 6.45) is 5.23. The summed E-state index contributed by atoms with van der Waals surface area (Å²) in [5, 5.41) is 15.6. The van der Waals surface area contributed by atoms with Gasteiger partial charge in [-0.3, -0.25) is 9.97 Å². The predicted octanol–water partition coefficient (Wildman–Crippen LogP) is 2.34. The highest BCUT2D eigenvalue weighted by Crippen LogP contribution is 2.21. The van der Waals surface area contributed by atoms with E-state index in [0.717, 1.165) is 17.0 Å². The first kappa shape index (κ1) is 16.8. The van der Waals surface area contributed by atoms with E-state index in [1.54, 1.807) is 18.6 Å². The molecule has 1 atom stereocenters. The van der Waals surface area contributed by atoms with Crippen molar-refractivity contribution in [1.82, 2.24) is 19.9 Å². The van der Waals surface area contributed by atoms with Crippen molar-refractivity contribution in [3.63, 3.8) is 0 Å². The number of aliphatic hydroxyl groups is 1. The van der Waals surface area contributed by atoms with E-state index in [2.05, 4.69) is 30.6 Å². The standard InChI is InChI=1S/C18H20N6O/c1-13(12-25)22-18-23-16(14-5-4-7-19-10-14)9-17(24-18)21-11-15-6-2-3-8-20-15/h2-10,13,25H,11-12H2,1H3,(H2,21,22,23,24)/t13-/m0/s1. The van der Waals surface area contributed by atoms with E-state index in [9.17, 15) is 5.11 Å². The van der Waals surface area contributed by atoms with Crippen LogP contribution in [0.1, 0.15) is 12.6 Å². The van der Waals surface area contributed by atoms with Crippen molar-refractivity contribution >= 4 is 11.8 Å². The number of aliphatic hydroxyl groups excluding tert-OH is 1.